The minimum absolute atomic E-state index is 0.301. The normalized spacial score (nSPS) is 10.1. The van der Waals surface area contributed by atoms with Crippen molar-refractivity contribution in [1.82, 2.24) is 5.32 Å². The van der Waals surface area contributed by atoms with Gasteiger partial charge in [0.05, 0.1) is 0 Å². The van der Waals surface area contributed by atoms with Gasteiger partial charge >= 0.3 is 0 Å². The highest BCUT2D eigenvalue weighted by Crippen LogP contribution is 2.23. The van der Waals surface area contributed by atoms with Crippen LogP contribution in [-0.4, -0.2) is 5.11 Å². The average Bonchev–Trinajstić information content (AvgIpc) is 2.40. The molecule has 0 atom stereocenters. The number of nitrogens with one attached hydrogen (secondary N) is 1. The van der Waals surface area contributed by atoms with E-state index in [4.69, 9.17) is 0 Å². The first kappa shape index (κ1) is 12.2. The topological polar surface area (TPSA) is 32.3 Å². The summed E-state index contributed by atoms with van der Waals surface area (Å²) in [6.45, 7) is 6.64. The molecule has 0 unspecified atom stereocenters. The van der Waals surface area contributed by atoms with Crippen molar-refractivity contribution in [2.45, 2.75) is 13.5 Å². The van der Waals surface area contributed by atoms with Crippen molar-refractivity contribution in [3.63, 3.8) is 0 Å². The second-order valence-corrected chi connectivity index (χ2v) is 4.27. The highest BCUT2D eigenvalue weighted by atomic mass is 16.3. The highest BCUT2D eigenvalue weighted by molar-refractivity contribution is 5.66. The first-order valence-corrected chi connectivity index (χ1v) is 5.94. The van der Waals surface area contributed by atoms with Crippen molar-refractivity contribution in [3.05, 3.63) is 71.8 Å². The van der Waals surface area contributed by atoms with Crippen LogP contribution < -0.4 is 5.32 Å². The average molecular weight is 239 g/mol. The van der Waals surface area contributed by atoms with Crippen LogP contribution in [0.2, 0.25) is 0 Å². The Morgan fingerprint density at radius 3 is 2.56 bits per heavy atom. The van der Waals surface area contributed by atoms with Crippen molar-refractivity contribution < 1.29 is 5.11 Å². The van der Waals surface area contributed by atoms with Gasteiger partial charge in [0.25, 0.3) is 0 Å². The molecule has 2 aromatic carbocycles. The standard InChI is InChI=1S/C16H17NO/c1-12-15(9-6-10-16(12)18)13(2)17-11-14-7-4-3-5-8-14/h3-10,17-18H,2,11H2,1H3. The maximum absolute atomic E-state index is 9.67. The summed E-state index contributed by atoms with van der Waals surface area (Å²) < 4.78 is 0. The van der Waals surface area contributed by atoms with Gasteiger partial charge in [0.15, 0.2) is 0 Å². The molecular weight excluding hydrogens is 222 g/mol. The van der Waals surface area contributed by atoms with E-state index in [1.807, 2.05) is 37.3 Å². The van der Waals surface area contributed by atoms with Crippen LogP contribution in [0.5, 0.6) is 5.75 Å². The third-order valence-corrected chi connectivity index (χ3v) is 2.98. The zero-order valence-corrected chi connectivity index (χ0v) is 10.5. The second-order valence-electron chi connectivity index (χ2n) is 4.27. The summed E-state index contributed by atoms with van der Waals surface area (Å²) in [5.74, 6) is 0.301. The van der Waals surface area contributed by atoms with E-state index in [-0.39, 0.29) is 0 Å². The Balaban J connectivity index is 2.07. The van der Waals surface area contributed by atoms with E-state index in [0.29, 0.717) is 5.75 Å². The molecule has 0 aliphatic heterocycles. The zero-order valence-electron chi connectivity index (χ0n) is 10.5. The summed E-state index contributed by atoms with van der Waals surface area (Å²) in [6, 6.07) is 15.6. The minimum atomic E-state index is 0.301. The van der Waals surface area contributed by atoms with Crippen LogP contribution >= 0.6 is 0 Å². The number of benzene rings is 2. The molecule has 2 aromatic rings. The van der Waals surface area contributed by atoms with Crippen LogP contribution in [0.3, 0.4) is 0 Å². The lowest BCUT2D eigenvalue weighted by Crippen LogP contribution is -2.11. The number of hydrogen-bond donors (Lipinski definition) is 2. The van der Waals surface area contributed by atoms with Crippen molar-refractivity contribution in [2.75, 3.05) is 0 Å². The molecule has 0 bridgehead atoms. The molecule has 0 saturated heterocycles. The van der Waals surface area contributed by atoms with E-state index in [2.05, 4.69) is 24.0 Å². The molecule has 0 fully saturated rings. The van der Waals surface area contributed by atoms with E-state index in [1.165, 1.54) is 5.56 Å². The Morgan fingerprint density at radius 2 is 1.83 bits per heavy atom. The minimum Gasteiger partial charge on any atom is -0.508 e. The molecule has 18 heavy (non-hydrogen) atoms. The highest BCUT2D eigenvalue weighted by Gasteiger charge is 2.05. The van der Waals surface area contributed by atoms with E-state index < -0.39 is 0 Å². The molecule has 2 heteroatoms. The van der Waals surface area contributed by atoms with Crippen LogP contribution in [0.25, 0.3) is 5.70 Å². The molecule has 0 aliphatic rings. The molecule has 0 saturated carbocycles. The SMILES string of the molecule is C=C(NCc1ccccc1)c1cccc(O)c1C. The first-order valence-electron chi connectivity index (χ1n) is 5.94. The molecular formula is C16H17NO. The van der Waals surface area contributed by atoms with Crippen molar-refractivity contribution in [3.8, 4) is 5.75 Å². The summed E-state index contributed by atoms with van der Waals surface area (Å²) in [5.41, 5.74) is 3.83. The van der Waals surface area contributed by atoms with Gasteiger partial charge in [-0.1, -0.05) is 49.0 Å². The van der Waals surface area contributed by atoms with Gasteiger partial charge < -0.3 is 10.4 Å². The lowest BCUT2D eigenvalue weighted by Gasteiger charge is -2.13. The van der Waals surface area contributed by atoms with Crippen LogP contribution in [0, 0.1) is 6.92 Å². The predicted octanol–water partition coefficient (Wildman–Crippen LogP) is 3.46. The van der Waals surface area contributed by atoms with Gasteiger partial charge in [-0.05, 0) is 18.6 Å². The maximum atomic E-state index is 9.67. The summed E-state index contributed by atoms with van der Waals surface area (Å²) in [6.07, 6.45) is 0. The Labute approximate surface area is 108 Å². The molecule has 0 aliphatic carbocycles. The molecule has 0 aromatic heterocycles. The van der Waals surface area contributed by atoms with Crippen molar-refractivity contribution in [2.24, 2.45) is 0 Å². The van der Waals surface area contributed by atoms with Crippen LogP contribution in [0.4, 0.5) is 0 Å². The first-order chi connectivity index (χ1) is 8.68. The second kappa shape index (κ2) is 5.41. The Kier molecular flexibility index (Phi) is 3.68. The summed E-state index contributed by atoms with van der Waals surface area (Å²) in [5, 5.41) is 12.9. The quantitative estimate of drug-likeness (QED) is 0.856. The predicted molar refractivity (Wildman–Crippen MR) is 75.2 cm³/mol. The molecule has 0 amide bonds. The van der Waals surface area contributed by atoms with Crippen LogP contribution in [0.15, 0.2) is 55.1 Å². The number of hydrogen-bond acceptors (Lipinski definition) is 2. The number of phenolic OH excluding ortho intramolecular Hbond substituents is 1. The van der Waals surface area contributed by atoms with Gasteiger partial charge in [0.2, 0.25) is 0 Å². The molecule has 2 rings (SSSR count). The summed E-state index contributed by atoms with van der Waals surface area (Å²) in [7, 11) is 0. The van der Waals surface area contributed by atoms with E-state index in [0.717, 1.165) is 23.4 Å². The maximum Gasteiger partial charge on any atom is 0.119 e. The van der Waals surface area contributed by atoms with Gasteiger partial charge in [-0.3, -0.25) is 0 Å². The van der Waals surface area contributed by atoms with Gasteiger partial charge in [-0.15, -0.1) is 0 Å². The fourth-order valence-electron chi connectivity index (χ4n) is 1.85. The summed E-state index contributed by atoms with van der Waals surface area (Å²) >= 11 is 0. The fourth-order valence-corrected chi connectivity index (χ4v) is 1.85. The Hall–Kier alpha value is -2.22. The largest absolute Gasteiger partial charge is 0.508 e. The molecule has 0 spiro atoms. The zero-order chi connectivity index (χ0) is 13.0. The fraction of sp³-hybridized carbons (Fsp3) is 0.125. The molecule has 0 radical (unpaired) electrons. The van der Waals surface area contributed by atoms with Crippen LogP contribution in [0.1, 0.15) is 16.7 Å². The van der Waals surface area contributed by atoms with Gasteiger partial charge in [-0.25, -0.2) is 0 Å². The molecule has 0 heterocycles. The van der Waals surface area contributed by atoms with Gasteiger partial charge in [0, 0.05) is 23.4 Å². The van der Waals surface area contributed by atoms with Gasteiger partial charge in [0.1, 0.15) is 5.75 Å². The van der Waals surface area contributed by atoms with Crippen molar-refractivity contribution in [1.29, 1.82) is 0 Å². The van der Waals surface area contributed by atoms with Gasteiger partial charge in [-0.2, -0.15) is 0 Å². The molecule has 92 valence electrons. The van der Waals surface area contributed by atoms with Crippen LogP contribution in [-0.2, 0) is 6.54 Å². The van der Waals surface area contributed by atoms with E-state index >= 15 is 0 Å². The number of phenols is 1. The summed E-state index contributed by atoms with van der Waals surface area (Å²) in [4.78, 5) is 0. The number of aromatic hydroxyl groups is 1. The molecule has 2 N–H and O–H groups in total. The number of rotatable bonds is 4. The Morgan fingerprint density at radius 1 is 1.11 bits per heavy atom. The monoisotopic (exact) mass is 239 g/mol. The van der Waals surface area contributed by atoms with E-state index in [9.17, 15) is 5.11 Å². The molecule has 2 nitrogen and oxygen atoms in total. The Bertz CT molecular complexity index is 546. The third kappa shape index (κ3) is 2.72. The van der Waals surface area contributed by atoms with E-state index in [1.54, 1.807) is 6.07 Å². The smallest absolute Gasteiger partial charge is 0.119 e. The lowest BCUT2D eigenvalue weighted by molar-refractivity contribution is 0.471. The van der Waals surface area contributed by atoms with Crippen molar-refractivity contribution >= 4 is 5.70 Å². The third-order valence-electron chi connectivity index (χ3n) is 2.98. The lowest BCUT2D eigenvalue weighted by atomic mass is 10.1.